The van der Waals surface area contributed by atoms with Crippen LogP contribution in [-0.4, -0.2) is 41.5 Å². The zero-order chi connectivity index (χ0) is 13.8. The first-order chi connectivity index (χ1) is 8.38. The molecule has 0 atom stereocenters. The highest BCUT2D eigenvalue weighted by molar-refractivity contribution is 5.49. The van der Waals surface area contributed by atoms with Crippen molar-refractivity contribution in [1.29, 1.82) is 0 Å². The predicted octanol–water partition coefficient (Wildman–Crippen LogP) is 0.474. The molecule has 5 nitrogen and oxygen atoms in total. The van der Waals surface area contributed by atoms with Gasteiger partial charge in [0.2, 0.25) is 0 Å². The van der Waals surface area contributed by atoms with Crippen LogP contribution in [0.25, 0.3) is 0 Å². The second kappa shape index (κ2) is 5.87. The van der Waals surface area contributed by atoms with Crippen molar-refractivity contribution in [3.63, 3.8) is 0 Å². The number of anilines is 2. The standard InChI is InChI=1S/C10H14F3N3O2/c11-10(12,13)7-5-8(14)15-9(6-7)16(1-3-17)2-4-18/h5-6,17-18H,1-4H2,(H2,14,15). The summed E-state index contributed by atoms with van der Waals surface area (Å²) in [6.45, 7) is -0.404. The van der Waals surface area contributed by atoms with Crippen molar-refractivity contribution < 1.29 is 23.4 Å². The number of aliphatic hydroxyl groups excluding tert-OH is 2. The second-order valence-corrected chi connectivity index (χ2v) is 3.57. The first-order valence-electron chi connectivity index (χ1n) is 5.20. The second-order valence-electron chi connectivity index (χ2n) is 3.57. The van der Waals surface area contributed by atoms with Crippen LogP contribution in [0.1, 0.15) is 5.56 Å². The van der Waals surface area contributed by atoms with Gasteiger partial charge in [0.25, 0.3) is 0 Å². The summed E-state index contributed by atoms with van der Waals surface area (Å²) in [5.74, 6) is -0.286. The molecule has 0 aromatic carbocycles. The van der Waals surface area contributed by atoms with Crippen LogP contribution in [-0.2, 0) is 6.18 Å². The Morgan fingerprint density at radius 3 is 2.17 bits per heavy atom. The highest BCUT2D eigenvalue weighted by Crippen LogP contribution is 2.32. The fourth-order valence-electron chi connectivity index (χ4n) is 1.44. The van der Waals surface area contributed by atoms with E-state index in [4.69, 9.17) is 15.9 Å². The molecule has 8 heteroatoms. The highest BCUT2D eigenvalue weighted by Gasteiger charge is 2.32. The van der Waals surface area contributed by atoms with Gasteiger partial charge in [-0.1, -0.05) is 0 Å². The molecule has 1 aromatic rings. The molecule has 0 radical (unpaired) electrons. The summed E-state index contributed by atoms with van der Waals surface area (Å²) in [5.41, 5.74) is 4.41. The van der Waals surface area contributed by atoms with E-state index in [1.807, 2.05) is 0 Å². The largest absolute Gasteiger partial charge is 0.416 e. The molecule has 0 spiro atoms. The van der Waals surface area contributed by atoms with Crippen molar-refractivity contribution in [1.82, 2.24) is 4.98 Å². The summed E-state index contributed by atoms with van der Waals surface area (Å²) in [6.07, 6.45) is -4.52. The summed E-state index contributed by atoms with van der Waals surface area (Å²) in [7, 11) is 0. The third-order valence-electron chi connectivity index (χ3n) is 2.22. The zero-order valence-electron chi connectivity index (χ0n) is 9.48. The molecule has 0 aliphatic heterocycles. The predicted molar refractivity (Wildman–Crippen MR) is 60.0 cm³/mol. The Morgan fingerprint density at radius 1 is 1.17 bits per heavy atom. The molecule has 0 aliphatic rings. The van der Waals surface area contributed by atoms with E-state index in [1.165, 1.54) is 4.90 Å². The third-order valence-corrected chi connectivity index (χ3v) is 2.22. The Morgan fingerprint density at radius 2 is 1.72 bits per heavy atom. The number of hydrogen-bond acceptors (Lipinski definition) is 5. The van der Waals surface area contributed by atoms with Crippen molar-refractivity contribution >= 4 is 11.6 Å². The van der Waals surface area contributed by atoms with Crippen molar-refractivity contribution in [2.75, 3.05) is 36.9 Å². The topological polar surface area (TPSA) is 82.6 Å². The van der Waals surface area contributed by atoms with E-state index < -0.39 is 11.7 Å². The number of alkyl halides is 3. The van der Waals surface area contributed by atoms with Crippen LogP contribution in [0.5, 0.6) is 0 Å². The van der Waals surface area contributed by atoms with Crippen molar-refractivity contribution in [3.05, 3.63) is 17.7 Å². The Kier molecular flexibility index (Phi) is 4.74. The van der Waals surface area contributed by atoms with Gasteiger partial charge in [-0.25, -0.2) is 4.98 Å². The monoisotopic (exact) mass is 265 g/mol. The average molecular weight is 265 g/mol. The number of hydrogen-bond donors (Lipinski definition) is 3. The van der Waals surface area contributed by atoms with Crippen LogP contribution in [0.3, 0.4) is 0 Å². The molecule has 4 N–H and O–H groups in total. The summed E-state index contributed by atoms with van der Waals surface area (Å²) in [5, 5.41) is 17.6. The maximum absolute atomic E-state index is 12.6. The Balaban J connectivity index is 3.10. The number of aliphatic hydroxyl groups is 2. The van der Waals surface area contributed by atoms with Gasteiger partial charge in [0.1, 0.15) is 11.6 Å². The van der Waals surface area contributed by atoms with E-state index in [2.05, 4.69) is 4.98 Å². The molecule has 18 heavy (non-hydrogen) atoms. The van der Waals surface area contributed by atoms with Crippen molar-refractivity contribution in [2.24, 2.45) is 0 Å². The summed E-state index contributed by atoms with van der Waals surface area (Å²) >= 11 is 0. The lowest BCUT2D eigenvalue weighted by Gasteiger charge is -2.23. The Labute approximate surface area is 102 Å². The maximum atomic E-state index is 12.6. The lowest BCUT2D eigenvalue weighted by Crippen LogP contribution is -2.31. The van der Waals surface area contributed by atoms with E-state index in [0.29, 0.717) is 0 Å². The van der Waals surface area contributed by atoms with E-state index in [9.17, 15) is 13.2 Å². The lowest BCUT2D eigenvalue weighted by atomic mass is 10.2. The molecular weight excluding hydrogens is 251 g/mol. The number of halogens is 3. The minimum atomic E-state index is -4.52. The van der Waals surface area contributed by atoms with Gasteiger partial charge >= 0.3 is 6.18 Å². The van der Waals surface area contributed by atoms with Gasteiger partial charge in [-0.3, -0.25) is 0 Å². The van der Waals surface area contributed by atoms with Gasteiger partial charge < -0.3 is 20.8 Å². The van der Waals surface area contributed by atoms with Crippen LogP contribution in [0, 0.1) is 0 Å². The van der Waals surface area contributed by atoms with Gasteiger partial charge in [-0.2, -0.15) is 13.2 Å². The van der Waals surface area contributed by atoms with Gasteiger partial charge in [-0.05, 0) is 12.1 Å². The smallest absolute Gasteiger partial charge is 0.395 e. The highest BCUT2D eigenvalue weighted by atomic mass is 19.4. The molecule has 1 rings (SSSR count). The molecular formula is C10H14F3N3O2. The number of rotatable bonds is 5. The molecule has 0 bridgehead atoms. The van der Waals surface area contributed by atoms with Gasteiger partial charge in [0.15, 0.2) is 0 Å². The lowest BCUT2D eigenvalue weighted by molar-refractivity contribution is -0.137. The quantitative estimate of drug-likeness (QED) is 0.721. The molecule has 0 fully saturated rings. The first-order valence-corrected chi connectivity index (χ1v) is 5.20. The Bertz CT molecular complexity index is 392. The molecule has 102 valence electrons. The van der Waals surface area contributed by atoms with Crippen molar-refractivity contribution in [3.8, 4) is 0 Å². The normalized spacial score (nSPS) is 11.6. The molecule has 0 saturated carbocycles. The molecule has 0 aliphatic carbocycles. The van der Waals surface area contributed by atoms with Crippen LogP contribution in [0.15, 0.2) is 12.1 Å². The summed E-state index contributed by atoms with van der Waals surface area (Å²) < 4.78 is 37.7. The van der Waals surface area contributed by atoms with Crippen LogP contribution < -0.4 is 10.6 Å². The maximum Gasteiger partial charge on any atom is 0.416 e. The third kappa shape index (κ3) is 3.74. The van der Waals surface area contributed by atoms with Crippen LogP contribution >= 0.6 is 0 Å². The number of nitrogen functional groups attached to an aromatic ring is 1. The molecule has 0 unspecified atom stereocenters. The van der Waals surface area contributed by atoms with Gasteiger partial charge in [0.05, 0.1) is 18.8 Å². The van der Waals surface area contributed by atoms with Gasteiger partial charge in [0, 0.05) is 13.1 Å². The molecule has 0 amide bonds. The van der Waals surface area contributed by atoms with E-state index >= 15 is 0 Å². The number of aromatic nitrogens is 1. The minimum Gasteiger partial charge on any atom is -0.395 e. The van der Waals surface area contributed by atoms with Gasteiger partial charge in [-0.15, -0.1) is 0 Å². The molecule has 1 heterocycles. The molecule has 0 saturated heterocycles. The minimum absolute atomic E-state index is 0.0228. The number of pyridine rings is 1. The average Bonchev–Trinajstić information content (AvgIpc) is 2.27. The van der Waals surface area contributed by atoms with E-state index in [0.717, 1.165) is 12.1 Å². The fourth-order valence-corrected chi connectivity index (χ4v) is 1.44. The SMILES string of the molecule is Nc1cc(C(F)(F)F)cc(N(CCO)CCO)n1. The van der Waals surface area contributed by atoms with E-state index in [1.54, 1.807) is 0 Å². The van der Waals surface area contributed by atoms with E-state index in [-0.39, 0.29) is 37.9 Å². The van der Waals surface area contributed by atoms with Crippen LogP contribution in [0.2, 0.25) is 0 Å². The summed E-state index contributed by atoms with van der Waals surface area (Å²) in [4.78, 5) is 5.09. The first kappa shape index (κ1) is 14.5. The number of nitrogens with two attached hydrogens (primary N) is 1. The summed E-state index contributed by atoms with van der Waals surface area (Å²) in [6, 6.07) is 1.57. The Hall–Kier alpha value is -1.54. The van der Waals surface area contributed by atoms with Crippen LogP contribution in [0.4, 0.5) is 24.8 Å². The zero-order valence-corrected chi connectivity index (χ0v) is 9.48. The molecule has 1 aromatic heterocycles. The fraction of sp³-hybridized carbons (Fsp3) is 0.500. The number of nitrogens with zero attached hydrogens (tertiary/aromatic N) is 2. The van der Waals surface area contributed by atoms with Crippen molar-refractivity contribution in [2.45, 2.75) is 6.18 Å².